The Hall–Kier alpha value is -4.18. The van der Waals surface area contributed by atoms with Gasteiger partial charge < -0.3 is 25.7 Å². The number of aromatic amines is 2. The Balaban J connectivity index is 1.31. The van der Waals surface area contributed by atoms with Gasteiger partial charge in [-0.1, -0.05) is 29.8 Å². The van der Waals surface area contributed by atoms with Crippen LogP contribution in [0.3, 0.4) is 0 Å². The number of anilines is 1. The van der Waals surface area contributed by atoms with E-state index in [2.05, 4.69) is 25.7 Å². The molecule has 188 valence electrons. The van der Waals surface area contributed by atoms with Crippen molar-refractivity contribution in [2.45, 2.75) is 13.1 Å². The molecule has 0 bridgehead atoms. The molecule has 0 aliphatic carbocycles. The molecule has 1 amide bonds. The molecule has 3 aromatic heterocycles. The number of hydrogen-bond donors (Lipinski definition) is 5. The molecular formula is C27H25ClN6O3. The van der Waals surface area contributed by atoms with Gasteiger partial charge in [0.15, 0.2) is 0 Å². The van der Waals surface area contributed by atoms with E-state index < -0.39 is 0 Å². The van der Waals surface area contributed by atoms with Crippen LogP contribution in [0.5, 0.6) is 0 Å². The third kappa shape index (κ3) is 5.80. The van der Waals surface area contributed by atoms with Crippen LogP contribution in [-0.4, -0.2) is 43.9 Å². The van der Waals surface area contributed by atoms with Gasteiger partial charge in [0, 0.05) is 41.4 Å². The summed E-state index contributed by atoms with van der Waals surface area (Å²) in [7, 11) is 0. The number of fused-ring (bicyclic) bond motifs is 1. The summed E-state index contributed by atoms with van der Waals surface area (Å²) in [4.78, 5) is 31.4. The Morgan fingerprint density at radius 1 is 1.08 bits per heavy atom. The molecule has 0 spiro atoms. The summed E-state index contributed by atoms with van der Waals surface area (Å²) in [5.41, 5.74) is 4.60. The van der Waals surface area contributed by atoms with Gasteiger partial charge in [-0.15, -0.1) is 0 Å². The highest BCUT2D eigenvalue weighted by Crippen LogP contribution is 2.24. The first-order valence-corrected chi connectivity index (χ1v) is 12.1. The quantitative estimate of drug-likeness (QED) is 0.191. The van der Waals surface area contributed by atoms with Gasteiger partial charge in [0.1, 0.15) is 0 Å². The number of H-pyrrole nitrogens is 2. The number of pyridine rings is 1. The molecule has 5 rings (SSSR count). The van der Waals surface area contributed by atoms with Gasteiger partial charge in [-0.2, -0.15) is 5.10 Å². The van der Waals surface area contributed by atoms with E-state index >= 15 is 0 Å². The molecule has 0 radical (unpaired) electrons. The molecule has 37 heavy (non-hydrogen) atoms. The van der Waals surface area contributed by atoms with Crippen molar-refractivity contribution in [2.24, 2.45) is 0 Å². The fourth-order valence-electron chi connectivity index (χ4n) is 4.05. The van der Waals surface area contributed by atoms with Gasteiger partial charge in [0.2, 0.25) is 0 Å². The predicted octanol–water partition coefficient (Wildman–Crippen LogP) is 3.76. The number of carbonyl (C=O) groups excluding carboxylic acids is 1. The first-order chi connectivity index (χ1) is 18.0. The molecule has 0 saturated heterocycles. The number of hydrogen-bond acceptors (Lipinski definition) is 5. The van der Waals surface area contributed by atoms with E-state index in [4.69, 9.17) is 16.7 Å². The summed E-state index contributed by atoms with van der Waals surface area (Å²) in [5.74, 6) is -0.336. The summed E-state index contributed by atoms with van der Waals surface area (Å²) in [5, 5.41) is 20.8. The molecule has 2 aromatic carbocycles. The summed E-state index contributed by atoms with van der Waals surface area (Å²) in [6.45, 7) is 1.74. The first-order valence-electron chi connectivity index (χ1n) is 11.7. The van der Waals surface area contributed by atoms with Crippen molar-refractivity contribution in [3.8, 4) is 11.3 Å². The standard InChI is InChI=1S/C27H25ClN6O3/c28-21-4-1-17(2-5-21)15-34-16-20(13-31-34)26(36)32-22-11-23(27(37)30-14-22)25-10-19-9-18(12-29-7-8-35)3-6-24(19)33-25/h1-6,9-11,13-14,16,29,33,35H,7-8,12,15H2,(H,30,37)(H,32,36). The van der Waals surface area contributed by atoms with Crippen LogP contribution in [0, 0.1) is 0 Å². The van der Waals surface area contributed by atoms with E-state index in [-0.39, 0.29) is 18.1 Å². The monoisotopic (exact) mass is 516 g/mol. The molecule has 0 saturated carbocycles. The zero-order valence-corrected chi connectivity index (χ0v) is 20.5. The van der Waals surface area contributed by atoms with Gasteiger partial charge in [-0.25, -0.2) is 0 Å². The molecule has 10 heteroatoms. The zero-order chi connectivity index (χ0) is 25.8. The van der Waals surface area contributed by atoms with Crippen molar-refractivity contribution in [1.82, 2.24) is 25.1 Å². The number of carbonyl (C=O) groups is 1. The molecule has 5 aromatic rings. The lowest BCUT2D eigenvalue weighted by molar-refractivity contribution is 0.102. The van der Waals surface area contributed by atoms with E-state index in [1.807, 2.05) is 48.5 Å². The van der Waals surface area contributed by atoms with Crippen LogP contribution in [0.2, 0.25) is 5.02 Å². The number of rotatable bonds is 9. The summed E-state index contributed by atoms with van der Waals surface area (Å²) in [6, 6.07) is 17.0. The van der Waals surface area contributed by atoms with Gasteiger partial charge in [0.25, 0.3) is 11.5 Å². The van der Waals surface area contributed by atoms with Crippen molar-refractivity contribution in [3.05, 3.63) is 105 Å². The number of amides is 1. The second-order valence-corrected chi connectivity index (χ2v) is 9.08. The average Bonchev–Trinajstić information content (AvgIpc) is 3.54. The fourth-order valence-corrected chi connectivity index (χ4v) is 4.18. The minimum atomic E-state index is -0.336. The topological polar surface area (TPSA) is 128 Å². The van der Waals surface area contributed by atoms with Crippen LogP contribution in [0.4, 0.5) is 5.69 Å². The molecule has 0 aliphatic heterocycles. The number of aromatic nitrogens is 4. The number of nitrogens with zero attached hydrogens (tertiary/aromatic N) is 2. The van der Waals surface area contributed by atoms with Gasteiger partial charge in [-0.05, 0) is 47.5 Å². The van der Waals surface area contributed by atoms with Crippen molar-refractivity contribution in [2.75, 3.05) is 18.5 Å². The Labute approximate surface area is 217 Å². The van der Waals surface area contributed by atoms with E-state index in [9.17, 15) is 9.59 Å². The summed E-state index contributed by atoms with van der Waals surface area (Å²) in [6.07, 6.45) is 4.64. The van der Waals surface area contributed by atoms with Gasteiger partial charge in [-0.3, -0.25) is 14.3 Å². The Bertz CT molecular complexity index is 1600. The molecule has 9 nitrogen and oxygen atoms in total. The summed E-state index contributed by atoms with van der Waals surface area (Å²) < 4.78 is 1.68. The number of halogens is 1. The zero-order valence-electron chi connectivity index (χ0n) is 19.8. The van der Waals surface area contributed by atoms with E-state index in [1.165, 1.54) is 12.4 Å². The second-order valence-electron chi connectivity index (χ2n) is 8.64. The van der Waals surface area contributed by atoms with E-state index in [0.29, 0.717) is 47.2 Å². The number of benzene rings is 2. The summed E-state index contributed by atoms with van der Waals surface area (Å²) >= 11 is 5.94. The largest absolute Gasteiger partial charge is 0.395 e. The van der Waals surface area contributed by atoms with Crippen LogP contribution in [0.25, 0.3) is 22.2 Å². The third-order valence-electron chi connectivity index (χ3n) is 5.91. The van der Waals surface area contributed by atoms with Crippen molar-refractivity contribution >= 4 is 34.1 Å². The minimum absolute atomic E-state index is 0.0813. The van der Waals surface area contributed by atoms with Crippen molar-refractivity contribution in [1.29, 1.82) is 0 Å². The molecule has 0 fully saturated rings. The molecule has 5 N–H and O–H groups in total. The number of aliphatic hydroxyl groups is 1. The van der Waals surface area contributed by atoms with Gasteiger partial charge in [0.05, 0.1) is 41.9 Å². The average molecular weight is 517 g/mol. The first kappa shape index (κ1) is 24.5. The molecule has 3 heterocycles. The van der Waals surface area contributed by atoms with E-state index in [0.717, 1.165) is 22.0 Å². The highest BCUT2D eigenvalue weighted by Gasteiger charge is 2.13. The molecule has 0 atom stereocenters. The lowest BCUT2D eigenvalue weighted by Gasteiger charge is -2.05. The number of aliphatic hydroxyl groups excluding tert-OH is 1. The predicted molar refractivity (Wildman–Crippen MR) is 144 cm³/mol. The number of nitrogens with one attached hydrogen (secondary N) is 4. The second kappa shape index (κ2) is 10.8. The van der Waals surface area contributed by atoms with Crippen molar-refractivity contribution < 1.29 is 9.90 Å². The van der Waals surface area contributed by atoms with Crippen LogP contribution in [0.15, 0.2) is 78.0 Å². The maximum atomic E-state index is 12.8. The van der Waals surface area contributed by atoms with Crippen LogP contribution in [0.1, 0.15) is 21.5 Å². The van der Waals surface area contributed by atoms with E-state index in [1.54, 1.807) is 16.9 Å². The Morgan fingerprint density at radius 2 is 1.89 bits per heavy atom. The van der Waals surface area contributed by atoms with Crippen LogP contribution >= 0.6 is 11.6 Å². The third-order valence-corrected chi connectivity index (χ3v) is 6.16. The van der Waals surface area contributed by atoms with Gasteiger partial charge >= 0.3 is 0 Å². The molecule has 0 unspecified atom stereocenters. The van der Waals surface area contributed by atoms with Crippen LogP contribution < -0.4 is 16.2 Å². The Kier molecular flexibility index (Phi) is 7.18. The van der Waals surface area contributed by atoms with Crippen molar-refractivity contribution in [3.63, 3.8) is 0 Å². The maximum absolute atomic E-state index is 12.8. The lowest BCUT2D eigenvalue weighted by atomic mass is 10.1. The molecule has 0 aliphatic rings. The Morgan fingerprint density at radius 3 is 2.70 bits per heavy atom. The highest BCUT2D eigenvalue weighted by molar-refractivity contribution is 6.30. The van der Waals surface area contributed by atoms with Crippen LogP contribution in [-0.2, 0) is 13.1 Å². The minimum Gasteiger partial charge on any atom is -0.395 e. The normalized spacial score (nSPS) is 11.2. The SMILES string of the molecule is O=C(Nc1c[nH]c(=O)c(-c2cc3cc(CNCCO)ccc3[nH]2)c1)c1cnn(Cc2ccc(Cl)cc2)c1. The highest BCUT2D eigenvalue weighted by atomic mass is 35.5. The lowest BCUT2D eigenvalue weighted by Crippen LogP contribution is -2.17. The fraction of sp³-hybridized carbons (Fsp3) is 0.148. The molecular weight excluding hydrogens is 492 g/mol. The smallest absolute Gasteiger partial charge is 0.258 e. The maximum Gasteiger partial charge on any atom is 0.258 e.